The maximum Gasteiger partial charge on any atom is 0.361 e. The molecule has 2 saturated carbocycles. The molecule has 0 bridgehead atoms. The van der Waals surface area contributed by atoms with Crippen molar-refractivity contribution in [1.82, 2.24) is 19.5 Å². The number of nitrogens with two attached hydrogens (primary N) is 1. The molecular formula is C25H38N5O8P. The Balaban J connectivity index is 1.31. The molecule has 2 fully saturated rings. The normalized spacial score (nSPS) is 18.2. The van der Waals surface area contributed by atoms with Crippen LogP contribution in [-0.2, 0) is 44.0 Å². The third-order valence-corrected chi connectivity index (χ3v) is 8.64. The maximum absolute atomic E-state index is 13.5. The molecule has 0 aromatic carbocycles. The van der Waals surface area contributed by atoms with Crippen LogP contribution in [0.2, 0.25) is 0 Å². The van der Waals surface area contributed by atoms with Gasteiger partial charge in [0.25, 0.3) is 0 Å². The van der Waals surface area contributed by atoms with Gasteiger partial charge in [0.1, 0.15) is 18.2 Å². The molecule has 13 nitrogen and oxygen atoms in total. The van der Waals surface area contributed by atoms with Gasteiger partial charge >= 0.3 is 19.5 Å². The largest absolute Gasteiger partial charge is 0.438 e. The molecular weight excluding hydrogens is 529 g/mol. The highest BCUT2D eigenvalue weighted by molar-refractivity contribution is 7.53. The summed E-state index contributed by atoms with van der Waals surface area (Å²) in [5.41, 5.74) is 6.86. The van der Waals surface area contributed by atoms with Gasteiger partial charge < -0.3 is 24.5 Å². The predicted molar refractivity (Wildman–Crippen MR) is 140 cm³/mol. The van der Waals surface area contributed by atoms with Crippen molar-refractivity contribution in [3.8, 4) is 0 Å². The second-order valence-corrected chi connectivity index (χ2v) is 12.1. The molecule has 2 aromatic heterocycles. The van der Waals surface area contributed by atoms with E-state index in [0.29, 0.717) is 17.7 Å². The van der Waals surface area contributed by atoms with Crippen LogP contribution in [0, 0.1) is 11.8 Å². The van der Waals surface area contributed by atoms with Crippen LogP contribution in [0.25, 0.3) is 11.2 Å². The van der Waals surface area contributed by atoms with E-state index in [4.69, 9.17) is 29.0 Å². The van der Waals surface area contributed by atoms with Gasteiger partial charge in [0, 0.05) is 0 Å². The van der Waals surface area contributed by atoms with E-state index < -0.39 is 33.6 Å². The Hall–Kier alpha value is -2.60. The number of fused-ring (bicyclic) bond motifs is 1. The minimum atomic E-state index is -3.96. The summed E-state index contributed by atoms with van der Waals surface area (Å²) in [6.45, 7) is 0.986. The number of imidazole rings is 1. The van der Waals surface area contributed by atoms with E-state index in [0.717, 1.165) is 64.2 Å². The van der Waals surface area contributed by atoms with Crippen molar-refractivity contribution >= 4 is 36.5 Å². The van der Waals surface area contributed by atoms with Crippen LogP contribution in [0.3, 0.4) is 0 Å². The van der Waals surface area contributed by atoms with Gasteiger partial charge in [-0.15, -0.1) is 0 Å². The topological polar surface area (TPSA) is 167 Å². The first-order valence-electron chi connectivity index (χ1n) is 13.6. The number of rotatable bonds is 13. The van der Waals surface area contributed by atoms with Crippen LogP contribution < -0.4 is 5.73 Å². The summed E-state index contributed by atoms with van der Waals surface area (Å²) in [4.78, 5) is 37.1. The number of nitrogens with zero attached hydrogens (tertiary/aromatic N) is 4. The van der Waals surface area contributed by atoms with Crippen molar-refractivity contribution in [2.45, 2.75) is 83.8 Å². The maximum atomic E-state index is 13.5. The van der Waals surface area contributed by atoms with Crippen molar-refractivity contribution in [2.75, 3.05) is 25.7 Å². The van der Waals surface area contributed by atoms with E-state index in [2.05, 4.69) is 15.0 Å². The Morgan fingerprint density at radius 1 is 0.949 bits per heavy atom. The van der Waals surface area contributed by atoms with Gasteiger partial charge in [-0.05, 0) is 32.6 Å². The second kappa shape index (κ2) is 14.2. The number of carbonyl (C=O) groups excluding carboxylic acids is 2. The smallest absolute Gasteiger partial charge is 0.361 e. The summed E-state index contributed by atoms with van der Waals surface area (Å²) in [6.07, 6.45) is 11.2. The zero-order valence-electron chi connectivity index (χ0n) is 22.4. The molecule has 2 aromatic rings. The molecule has 1 atom stereocenters. The number of nitrogen functional groups attached to an aromatic ring is 1. The van der Waals surface area contributed by atoms with Crippen molar-refractivity contribution < 1.29 is 37.4 Å². The summed E-state index contributed by atoms with van der Waals surface area (Å²) >= 11 is 0. The van der Waals surface area contributed by atoms with Gasteiger partial charge in [0.05, 0.1) is 30.8 Å². The van der Waals surface area contributed by atoms with E-state index in [1.807, 2.05) is 0 Å². The Morgan fingerprint density at radius 3 is 2.08 bits per heavy atom. The molecule has 4 rings (SSSR count). The molecule has 0 amide bonds. The Kier molecular flexibility index (Phi) is 10.7. The number of hydrogen-bond donors (Lipinski definition) is 1. The number of esters is 2. The van der Waals surface area contributed by atoms with Crippen molar-refractivity contribution in [1.29, 1.82) is 0 Å². The lowest BCUT2D eigenvalue weighted by molar-refractivity contribution is -0.158. The van der Waals surface area contributed by atoms with E-state index in [9.17, 15) is 14.2 Å². The number of ether oxygens (including phenoxy) is 3. The summed E-state index contributed by atoms with van der Waals surface area (Å²) < 4.78 is 42.3. The van der Waals surface area contributed by atoms with Gasteiger partial charge in [-0.3, -0.25) is 23.2 Å². The molecule has 0 saturated heterocycles. The lowest BCUT2D eigenvalue weighted by Crippen LogP contribution is -2.23. The minimum Gasteiger partial charge on any atom is -0.438 e. The molecule has 2 N–H and O–H groups in total. The molecule has 0 unspecified atom stereocenters. The molecule has 2 aliphatic carbocycles. The Morgan fingerprint density at radius 2 is 1.51 bits per heavy atom. The average Bonchev–Trinajstić information content (AvgIpc) is 3.36. The van der Waals surface area contributed by atoms with Crippen LogP contribution in [0.4, 0.5) is 5.82 Å². The monoisotopic (exact) mass is 567 g/mol. The average molecular weight is 568 g/mol. The first-order valence-corrected chi connectivity index (χ1v) is 15.3. The van der Waals surface area contributed by atoms with Gasteiger partial charge in [0.15, 0.2) is 11.5 Å². The standard InChI is InChI=1S/C25H38N5O8P/c1-18(12-30-14-29-21-22(26)27-13-28-23(21)30)36-17-39(33,37-15-34-24(31)19-8-4-2-5-9-19)38-16-35-25(32)20-10-6-3-7-11-20/h13-14,18-20H,2-12,15-17H2,1H3,(H2,26,27,28)/t18-/m1/s1. The lowest BCUT2D eigenvalue weighted by Gasteiger charge is -2.23. The highest BCUT2D eigenvalue weighted by atomic mass is 31.2. The molecule has 2 aliphatic rings. The van der Waals surface area contributed by atoms with Crippen LogP contribution >= 0.6 is 7.60 Å². The third kappa shape index (κ3) is 8.44. The fraction of sp³-hybridized carbons (Fsp3) is 0.720. The zero-order valence-corrected chi connectivity index (χ0v) is 23.3. The molecule has 39 heavy (non-hydrogen) atoms. The molecule has 216 valence electrons. The Bertz CT molecular complexity index is 1110. The van der Waals surface area contributed by atoms with E-state index in [1.165, 1.54) is 6.33 Å². The highest BCUT2D eigenvalue weighted by Gasteiger charge is 2.30. The van der Waals surface area contributed by atoms with Crippen LogP contribution in [0.15, 0.2) is 12.7 Å². The molecule has 2 heterocycles. The van der Waals surface area contributed by atoms with E-state index >= 15 is 0 Å². The minimum absolute atomic E-state index is 0.182. The number of aromatic nitrogens is 4. The number of anilines is 1. The quantitative estimate of drug-likeness (QED) is 0.209. The van der Waals surface area contributed by atoms with Gasteiger partial charge in [-0.2, -0.15) is 0 Å². The third-order valence-electron chi connectivity index (χ3n) is 7.18. The van der Waals surface area contributed by atoms with Crippen LogP contribution in [0.1, 0.15) is 71.1 Å². The number of hydrogen-bond acceptors (Lipinski definition) is 12. The molecule has 0 radical (unpaired) electrons. The Labute approximate surface area is 227 Å². The predicted octanol–water partition coefficient (Wildman–Crippen LogP) is 4.16. The summed E-state index contributed by atoms with van der Waals surface area (Å²) in [6, 6.07) is 0. The van der Waals surface area contributed by atoms with Crippen molar-refractivity contribution in [3.63, 3.8) is 0 Å². The van der Waals surface area contributed by atoms with E-state index in [-0.39, 0.29) is 29.6 Å². The lowest BCUT2D eigenvalue weighted by atomic mass is 9.89. The highest BCUT2D eigenvalue weighted by Crippen LogP contribution is 2.48. The van der Waals surface area contributed by atoms with Gasteiger partial charge in [-0.1, -0.05) is 38.5 Å². The van der Waals surface area contributed by atoms with Gasteiger partial charge in [0.2, 0.25) is 13.6 Å². The van der Waals surface area contributed by atoms with Crippen LogP contribution in [0.5, 0.6) is 0 Å². The van der Waals surface area contributed by atoms with E-state index in [1.54, 1.807) is 17.8 Å². The first kappa shape index (κ1) is 29.4. The summed E-state index contributed by atoms with van der Waals surface area (Å²) in [7, 11) is -3.96. The molecule has 0 spiro atoms. The zero-order chi connectivity index (χ0) is 27.7. The van der Waals surface area contributed by atoms with Crippen LogP contribution in [-0.4, -0.2) is 57.5 Å². The summed E-state index contributed by atoms with van der Waals surface area (Å²) in [5, 5.41) is 0. The SMILES string of the molecule is C[C@H](Cn1cnc2c(N)ncnc21)OCP(=O)(OCOC(=O)C1CCCCC1)OCOC(=O)C1CCCCC1. The molecule has 14 heteroatoms. The van der Waals surface area contributed by atoms with Crippen molar-refractivity contribution in [2.24, 2.45) is 11.8 Å². The fourth-order valence-corrected chi connectivity index (χ4v) is 6.02. The molecule has 0 aliphatic heterocycles. The first-order chi connectivity index (χ1) is 18.8. The van der Waals surface area contributed by atoms with Gasteiger partial charge in [-0.25, -0.2) is 15.0 Å². The second-order valence-electron chi connectivity index (χ2n) is 10.1. The summed E-state index contributed by atoms with van der Waals surface area (Å²) in [5.74, 6) is -0.861. The van der Waals surface area contributed by atoms with Crippen molar-refractivity contribution in [3.05, 3.63) is 12.7 Å². The number of carbonyl (C=O) groups is 2. The fourth-order valence-electron chi connectivity index (χ4n) is 4.93.